The Bertz CT molecular complexity index is 395. The molecule has 0 radical (unpaired) electrons. The second-order valence-electron chi connectivity index (χ2n) is 5.04. The van der Waals surface area contributed by atoms with Crippen LogP contribution in [0.2, 0.25) is 0 Å². The SMILES string of the molecule is COc1ccc(C2(CN3CCNCC3)CO2)cc1. The van der Waals surface area contributed by atoms with Crippen molar-refractivity contribution >= 4 is 0 Å². The molecule has 2 heterocycles. The Labute approximate surface area is 108 Å². The first-order chi connectivity index (χ1) is 8.82. The Morgan fingerprint density at radius 3 is 2.50 bits per heavy atom. The van der Waals surface area contributed by atoms with Crippen molar-refractivity contribution in [2.75, 3.05) is 46.4 Å². The van der Waals surface area contributed by atoms with Gasteiger partial charge < -0.3 is 14.8 Å². The zero-order valence-electron chi connectivity index (χ0n) is 10.8. The van der Waals surface area contributed by atoms with Crippen LogP contribution >= 0.6 is 0 Å². The average Bonchev–Trinajstić information content (AvgIpc) is 3.21. The third kappa shape index (κ3) is 2.36. The average molecular weight is 248 g/mol. The molecule has 3 rings (SSSR count). The third-order valence-electron chi connectivity index (χ3n) is 3.80. The molecule has 0 amide bonds. The maximum Gasteiger partial charge on any atom is 0.129 e. The van der Waals surface area contributed by atoms with Gasteiger partial charge in [0.05, 0.1) is 13.7 Å². The minimum Gasteiger partial charge on any atom is -0.497 e. The maximum absolute atomic E-state index is 5.76. The van der Waals surface area contributed by atoms with E-state index in [1.54, 1.807) is 7.11 Å². The van der Waals surface area contributed by atoms with Crippen molar-refractivity contribution < 1.29 is 9.47 Å². The van der Waals surface area contributed by atoms with Gasteiger partial charge >= 0.3 is 0 Å². The smallest absolute Gasteiger partial charge is 0.129 e. The molecule has 0 bridgehead atoms. The summed E-state index contributed by atoms with van der Waals surface area (Å²) in [6.07, 6.45) is 0. The van der Waals surface area contributed by atoms with E-state index in [1.165, 1.54) is 5.56 Å². The van der Waals surface area contributed by atoms with Crippen molar-refractivity contribution in [2.45, 2.75) is 5.60 Å². The van der Waals surface area contributed by atoms with Gasteiger partial charge in [-0.2, -0.15) is 0 Å². The number of rotatable bonds is 4. The summed E-state index contributed by atoms with van der Waals surface area (Å²) in [6, 6.07) is 8.26. The van der Waals surface area contributed by atoms with Crippen LogP contribution in [0.4, 0.5) is 0 Å². The van der Waals surface area contributed by atoms with Gasteiger partial charge in [0.15, 0.2) is 0 Å². The summed E-state index contributed by atoms with van der Waals surface area (Å²) in [5.41, 5.74) is 1.20. The first-order valence-electron chi connectivity index (χ1n) is 6.54. The van der Waals surface area contributed by atoms with Gasteiger partial charge in [0.1, 0.15) is 11.4 Å². The summed E-state index contributed by atoms with van der Waals surface area (Å²) < 4.78 is 10.9. The Balaban J connectivity index is 1.69. The Hall–Kier alpha value is -1.10. The van der Waals surface area contributed by atoms with Crippen LogP contribution in [0.25, 0.3) is 0 Å². The van der Waals surface area contributed by atoms with Gasteiger partial charge in [0.2, 0.25) is 0 Å². The molecule has 4 heteroatoms. The highest BCUT2D eigenvalue weighted by atomic mass is 16.6. The lowest BCUT2D eigenvalue weighted by atomic mass is 9.99. The minimum absolute atomic E-state index is 0.0659. The summed E-state index contributed by atoms with van der Waals surface area (Å²) in [5.74, 6) is 0.900. The largest absolute Gasteiger partial charge is 0.497 e. The standard InChI is InChI=1S/C14H20N2O2/c1-17-13-4-2-12(3-5-13)14(11-18-14)10-16-8-6-15-7-9-16/h2-5,15H,6-11H2,1H3. The van der Waals surface area contributed by atoms with Gasteiger partial charge in [0.25, 0.3) is 0 Å². The van der Waals surface area contributed by atoms with Crippen LogP contribution in [0.1, 0.15) is 5.56 Å². The van der Waals surface area contributed by atoms with Crippen molar-refractivity contribution in [3.63, 3.8) is 0 Å². The molecule has 1 aromatic carbocycles. The first kappa shape index (κ1) is 12.0. The minimum atomic E-state index is -0.0659. The molecule has 0 aromatic heterocycles. The molecule has 0 aliphatic carbocycles. The highest BCUT2D eigenvalue weighted by Gasteiger charge is 2.47. The van der Waals surface area contributed by atoms with Crippen LogP contribution in [0.15, 0.2) is 24.3 Å². The molecule has 18 heavy (non-hydrogen) atoms. The molecule has 2 aliphatic rings. The fourth-order valence-electron chi connectivity index (χ4n) is 2.56. The van der Waals surface area contributed by atoms with E-state index in [1.807, 2.05) is 12.1 Å². The number of hydrogen-bond donors (Lipinski definition) is 1. The quantitative estimate of drug-likeness (QED) is 0.801. The molecule has 2 saturated heterocycles. The molecule has 2 aliphatic heterocycles. The van der Waals surface area contributed by atoms with Gasteiger partial charge in [-0.15, -0.1) is 0 Å². The zero-order valence-corrected chi connectivity index (χ0v) is 10.8. The maximum atomic E-state index is 5.76. The molecular formula is C14H20N2O2. The van der Waals surface area contributed by atoms with Crippen LogP contribution in [0, 0.1) is 0 Å². The van der Waals surface area contributed by atoms with Gasteiger partial charge in [-0.05, 0) is 17.7 Å². The molecule has 1 unspecified atom stereocenters. The van der Waals surface area contributed by atoms with Crippen molar-refractivity contribution in [1.29, 1.82) is 0 Å². The van der Waals surface area contributed by atoms with E-state index in [-0.39, 0.29) is 5.60 Å². The summed E-state index contributed by atoms with van der Waals surface area (Å²) in [7, 11) is 1.69. The number of hydrogen-bond acceptors (Lipinski definition) is 4. The van der Waals surface area contributed by atoms with Crippen molar-refractivity contribution in [1.82, 2.24) is 10.2 Å². The van der Waals surface area contributed by atoms with Gasteiger partial charge in [-0.25, -0.2) is 0 Å². The lowest BCUT2D eigenvalue weighted by Gasteiger charge is -2.29. The molecule has 4 nitrogen and oxygen atoms in total. The zero-order chi connectivity index (χ0) is 12.4. The molecule has 0 spiro atoms. The van der Waals surface area contributed by atoms with E-state index in [2.05, 4.69) is 22.3 Å². The fraction of sp³-hybridized carbons (Fsp3) is 0.571. The van der Waals surface area contributed by atoms with Crippen molar-refractivity contribution in [3.05, 3.63) is 29.8 Å². The van der Waals surface area contributed by atoms with Crippen LogP contribution in [0.3, 0.4) is 0 Å². The number of nitrogens with zero attached hydrogens (tertiary/aromatic N) is 1. The molecule has 98 valence electrons. The van der Waals surface area contributed by atoms with Crippen molar-refractivity contribution in [2.24, 2.45) is 0 Å². The summed E-state index contributed by atoms with van der Waals surface area (Å²) in [6.45, 7) is 6.23. The second-order valence-corrected chi connectivity index (χ2v) is 5.04. The van der Waals surface area contributed by atoms with E-state index in [4.69, 9.17) is 9.47 Å². The van der Waals surface area contributed by atoms with E-state index in [0.29, 0.717) is 0 Å². The number of ether oxygens (including phenoxy) is 2. The normalized spacial score (nSPS) is 28.1. The number of methoxy groups -OCH3 is 1. The lowest BCUT2D eigenvalue weighted by Crippen LogP contribution is -2.46. The van der Waals surface area contributed by atoms with Gasteiger partial charge in [-0.3, -0.25) is 4.90 Å². The van der Waals surface area contributed by atoms with Gasteiger partial charge in [0, 0.05) is 32.7 Å². The third-order valence-corrected chi connectivity index (χ3v) is 3.80. The highest BCUT2D eigenvalue weighted by molar-refractivity contribution is 5.33. The topological polar surface area (TPSA) is 37.0 Å². The number of nitrogens with one attached hydrogen (secondary N) is 1. The monoisotopic (exact) mass is 248 g/mol. The van der Waals surface area contributed by atoms with Crippen LogP contribution < -0.4 is 10.1 Å². The Morgan fingerprint density at radius 2 is 1.94 bits per heavy atom. The van der Waals surface area contributed by atoms with Crippen LogP contribution in [-0.2, 0) is 10.3 Å². The van der Waals surface area contributed by atoms with Crippen molar-refractivity contribution in [3.8, 4) is 5.75 Å². The lowest BCUT2D eigenvalue weighted by molar-refractivity contribution is 0.170. The Kier molecular flexibility index (Phi) is 3.24. The molecule has 1 atom stereocenters. The highest BCUT2D eigenvalue weighted by Crippen LogP contribution is 2.40. The molecule has 1 N–H and O–H groups in total. The Morgan fingerprint density at radius 1 is 1.28 bits per heavy atom. The van der Waals surface area contributed by atoms with Crippen LogP contribution in [0.5, 0.6) is 5.75 Å². The van der Waals surface area contributed by atoms with Crippen LogP contribution in [-0.4, -0.2) is 51.3 Å². The van der Waals surface area contributed by atoms with Gasteiger partial charge in [-0.1, -0.05) is 12.1 Å². The number of piperazine rings is 1. The predicted octanol–water partition coefficient (Wildman–Crippen LogP) is 0.826. The summed E-state index contributed by atoms with van der Waals surface area (Å²) in [4.78, 5) is 2.48. The first-order valence-corrected chi connectivity index (χ1v) is 6.54. The molecule has 0 saturated carbocycles. The number of benzene rings is 1. The number of epoxide rings is 1. The van der Waals surface area contributed by atoms with E-state index in [0.717, 1.165) is 45.1 Å². The van der Waals surface area contributed by atoms with E-state index < -0.39 is 0 Å². The van der Waals surface area contributed by atoms with E-state index in [9.17, 15) is 0 Å². The summed E-state index contributed by atoms with van der Waals surface area (Å²) in [5, 5.41) is 3.38. The molecular weight excluding hydrogens is 228 g/mol. The molecule has 2 fully saturated rings. The molecule has 1 aromatic rings. The van der Waals surface area contributed by atoms with E-state index >= 15 is 0 Å². The predicted molar refractivity (Wildman–Crippen MR) is 69.9 cm³/mol. The summed E-state index contributed by atoms with van der Waals surface area (Å²) >= 11 is 0. The second kappa shape index (κ2) is 4.88. The fourth-order valence-corrected chi connectivity index (χ4v) is 2.56.